The summed E-state index contributed by atoms with van der Waals surface area (Å²) in [5.41, 5.74) is 2.67. The minimum atomic E-state index is -4.82. The van der Waals surface area contributed by atoms with E-state index in [9.17, 15) is 22.0 Å². The van der Waals surface area contributed by atoms with Gasteiger partial charge in [0.25, 0.3) is 0 Å². The predicted molar refractivity (Wildman–Crippen MR) is 142 cm³/mol. The van der Waals surface area contributed by atoms with Gasteiger partial charge in [0, 0.05) is 22.0 Å². The summed E-state index contributed by atoms with van der Waals surface area (Å²) in [7, 11) is 0. The minimum absolute atomic E-state index is 0.0411. The molecule has 4 rings (SSSR count). The van der Waals surface area contributed by atoms with E-state index in [4.69, 9.17) is 0 Å². The first-order chi connectivity index (χ1) is 17.7. The largest absolute Gasteiger partial charge is 0.458 e. The van der Waals surface area contributed by atoms with Crippen molar-refractivity contribution in [3.8, 4) is 11.8 Å². The summed E-state index contributed by atoms with van der Waals surface area (Å²) >= 11 is 1.62. The van der Waals surface area contributed by atoms with Crippen molar-refractivity contribution in [2.45, 2.75) is 68.7 Å². The molecule has 0 aromatic heterocycles. The molecule has 0 aliphatic heterocycles. The lowest BCUT2D eigenvalue weighted by Crippen LogP contribution is -2.05. The van der Waals surface area contributed by atoms with Gasteiger partial charge in [0.1, 0.15) is 11.6 Å². The molecule has 0 spiro atoms. The minimum Gasteiger partial charge on any atom is -0.205 e. The average Bonchev–Trinajstić information content (AvgIpc) is 2.87. The van der Waals surface area contributed by atoms with E-state index in [-0.39, 0.29) is 5.39 Å². The van der Waals surface area contributed by atoms with E-state index in [1.807, 2.05) is 0 Å². The summed E-state index contributed by atoms with van der Waals surface area (Å²) in [5, 5.41) is 0.331. The molecule has 0 fully saturated rings. The van der Waals surface area contributed by atoms with Crippen molar-refractivity contribution in [2.24, 2.45) is 5.92 Å². The molecule has 0 radical (unpaired) electrons. The van der Waals surface area contributed by atoms with Gasteiger partial charge in [-0.1, -0.05) is 74.9 Å². The molecule has 3 aromatic rings. The van der Waals surface area contributed by atoms with Gasteiger partial charge in [-0.15, -0.1) is 11.8 Å². The molecule has 0 nitrogen and oxygen atoms in total. The molecule has 194 valence electrons. The topological polar surface area (TPSA) is 0 Å². The molecule has 0 saturated carbocycles. The van der Waals surface area contributed by atoms with Crippen LogP contribution in [0.2, 0.25) is 0 Å². The van der Waals surface area contributed by atoms with Gasteiger partial charge in [-0.25, -0.2) is 8.78 Å². The Labute approximate surface area is 219 Å². The molecule has 6 heteroatoms. The van der Waals surface area contributed by atoms with Crippen LogP contribution in [0.3, 0.4) is 0 Å². The van der Waals surface area contributed by atoms with Crippen molar-refractivity contribution in [1.29, 1.82) is 0 Å². The smallest absolute Gasteiger partial charge is 0.205 e. The molecular formula is C31H29F5S. The first-order valence-corrected chi connectivity index (χ1v) is 13.6. The SMILES string of the molecule is CCCCCC1CC=C(c2ccc(SCc3ccc4c(F)c(C#CC(F)(F)F)c(F)cc4c3)cc2)CC1. The molecule has 37 heavy (non-hydrogen) atoms. The molecule has 1 aliphatic rings. The Bertz CT molecular complexity index is 1330. The highest BCUT2D eigenvalue weighted by atomic mass is 32.2. The standard InChI is InChI=1S/C31H29F5S/c1-2-3-4-5-21-6-9-23(10-7-21)24-11-13-26(14-12-24)37-20-22-8-15-27-25(18-22)19-29(32)28(30(27)33)16-17-31(34,35)36/h8-9,11-15,18-19,21H,2-7,10,20H2,1H3. The Kier molecular flexibility index (Phi) is 8.97. The fourth-order valence-corrected chi connectivity index (χ4v) is 5.59. The first kappa shape index (κ1) is 27.3. The number of hydrogen-bond donors (Lipinski definition) is 0. The fourth-order valence-electron chi connectivity index (χ4n) is 4.75. The van der Waals surface area contributed by atoms with E-state index < -0.39 is 23.4 Å². The van der Waals surface area contributed by atoms with E-state index in [1.54, 1.807) is 29.8 Å². The summed E-state index contributed by atoms with van der Waals surface area (Å²) < 4.78 is 66.0. The molecule has 1 aliphatic carbocycles. The Hall–Kier alpha value is -2.78. The van der Waals surface area contributed by atoms with Crippen LogP contribution in [0.25, 0.3) is 16.3 Å². The number of allylic oxidation sites excluding steroid dienone is 2. The van der Waals surface area contributed by atoms with Crippen LogP contribution in [-0.2, 0) is 5.75 Å². The maximum atomic E-state index is 14.7. The molecule has 0 saturated heterocycles. The zero-order chi connectivity index (χ0) is 26.4. The van der Waals surface area contributed by atoms with Crippen molar-refractivity contribution in [3.05, 3.63) is 82.9 Å². The van der Waals surface area contributed by atoms with Gasteiger partial charge in [0.05, 0.1) is 5.56 Å². The van der Waals surface area contributed by atoms with Crippen LogP contribution < -0.4 is 0 Å². The van der Waals surface area contributed by atoms with Gasteiger partial charge >= 0.3 is 6.18 Å². The zero-order valence-electron chi connectivity index (χ0n) is 20.7. The third-order valence-corrected chi connectivity index (χ3v) is 7.87. The Morgan fingerprint density at radius 2 is 1.78 bits per heavy atom. The fraction of sp³-hybridized carbons (Fsp3) is 0.355. The molecule has 3 aromatic carbocycles. The molecule has 1 atom stereocenters. The Morgan fingerprint density at radius 3 is 2.46 bits per heavy atom. The lowest BCUT2D eigenvalue weighted by atomic mass is 9.84. The normalized spacial score (nSPS) is 15.8. The lowest BCUT2D eigenvalue weighted by molar-refractivity contribution is -0.0696. The van der Waals surface area contributed by atoms with E-state index in [0.29, 0.717) is 11.1 Å². The van der Waals surface area contributed by atoms with Crippen molar-refractivity contribution >= 4 is 28.1 Å². The number of halogens is 5. The van der Waals surface area contributed by atoms with E-state index >= 15 is 0 Å². The summed E-state index contributed by atoms with van der Waals surface area (Å²) in [6.45, 7) is 2.24. The van der Waals surface area contributed by atoms with E-state index in [1.165, 1.54) is 49.3 Å². The number of thioether (sulfide) groups is 1. The summed E-state index contributed by atoms with van der Waals surface area (Å²) in [4.78, 5) is 1.09. The highest BCUT2D eigenvalue weighted by Gasteiger charge is 2.24. The Morgan fingerprint density at radius 1 is 1.00 bits per heavy atom. The van der Waals surface area contributed by atoms with Gasteiger partial charge in [0.15, 0.2) is 0 Å². The van der Waals surface area contributed by atoms with Crippen LogP contribution in [0, 0.1) is 29.4 Å². The van der Waals surface area contributed by atoms with Crippen LogP contribution in [0.5, 0.6) is 0 Å². The van der Waals surface area contributed by atoms with Gasteiger partial charge in [0.2, 0.25) is 0 Å². The first-order valence-electron chi connectivity index (χ1n) is 12.7. The number of unbranched alkanes of at least 4 members (excludes halogenated alkanes) is 2. The van der Waals surface area contributed by atoms with Crippen molar-refractivity contribution in [1.82, 2.24) is 0 Å². The predicted octanol–water partition coefficient (Wildman–Crippen LogP) is 10.1. The van der Waals surface area contributed by atoms with Crippen LogP contribution in [-0.4, -0.2) is 6.18 Å². The van der Waals surface area contributed by atoms with Crippen LogP contribution in [0.1, 0.15) is 68.6 Å². The summed E-state index contributed by atoms with van der Waals surface area (Å²) in [6, 6.07) is 14.4. The number of rotatable bonds is 8. The quantitative estimate of drug-likeness (QED) is 0.121. The average molecular weight is 529 g/mol. The molecule has 0 amide bonds. The summed E-state index contributed by atoms with van der Waals surface area (Å²) in [5.74, 6) is 1.74. The maximum Gasteiger partial charge on any atom is 0.458 e. The van der Waals surface area contributed by atoms with Crippen LogP contribution in [0.15, 0.2) is 59.5 Å². The van der Waals surface area contributed by atoms with Gasteiger partial charge in [-0.3, -0.25) is 0 Å². The Balaban J connectivity index is 1.39. The van der Waals surface area contributed by atoms with Gasteiger partial charge in [-0.05, 0) is 65.5 Å². The number of hydrogen-bond acceptors (Lipinski definition) is 1. The summed E-state index contributed by atoms with van der Waals surface area (Å²) in [6.07, 6.45) is 6.36. The van der Waals surface area contributed by atoms with E-state index in [0.717, 1.165) is 41.2 Å². The van der Waals surface area contributed by atoms with Gasteiger partial charge in [-0.2, -0.15) is 13.2 Å². The third-order valence-electron chi connectivity index (χ3n) is 6.79. The number of benzene rings is 3. The van der Waals surface area contributed by atoms with Crippen LogP contribution >= 0.6 is 11.8 Å². The van der Waals surface area contributed by atoms with Crippen molar-refractivity contribution < 1.29 is 22.0 Å². The third kappa shape index (κ3) is 7.38. The molecule has 1 unspecified atom stereocenters. The number of fused-ring (bicyclic) bond motifs is 1. The lowest BCUT2D eigenvalue weighted by Gasteiger charge is -2.22. The second-order valence-electron chi connectivity index (χ2n) is 9.53. The van der Waals surface area contributed by atoms with Crippen LogP contribution in [0.4, 0.5) is 22.0 Å². The number of alkyl halides is 3. The second-order valence-corrected chi connectivity index (χ2v) is 10.6. The molecule has 0 N–H and O–H groups in total. The maximum absolute atomic E-state index is 14.7. The highest BCUT2D eigenvalue weighted by Crippen LogP contribution is 2.34. The zero-order valence-corrected chi connectivity index (χ0v) is 21.5. The second kappa shape index (κ2) is 12.2. The van der Waals surface area contributed by atoms with Crippen molar-refractivity contribution in [3.63, 3.8) is 0 Å². The highest BCUT2D eigenvalue weighted by molar-refractivity contribution is 7.98. The molecular weight excluding hydrogens is 499 g/mol. The van der Waals surface area contributed by atoms with Gasteiger partial charge < -0.3 is 0 Å². The monoisotopic (exact) mass is 528 g/mol. The van der Waals surface area contributed by atoms with Crippen molar-refractivity contribution in [2.75, 3.05) is 0 Å². The molecule has 0 heterocycles. The molecule has 0 bridgehead atoms. The van der Waals surface area contributed by atoms with E-state index in [2.05, 4.69) is 37.3 Å².